The van der Waals surface area contributed by atoms with Crippen LogP contribution in [0.1, 0.15) is 99.0 Å². The van der Waals surface area contributed by atoms with E-state index in [0.29, 0.717) is 22.1 Å². The number of aromatic nitrogens is 5. The molecule has 5 heterocycles. The average Bonchev–Trinajstić information content (AvgIpc) is 3.54. The normalized spacial score (nSPS) is 19.8. The molecule has 214 valence electrons. The van der Waals surface area contributed by atoms with Gasteiger partial charge in [0.05, 0.1) is 11.4 Å². The SMILES string of the molecule is Cc1cc(N2C(=O)c3nc(C4=CC(C)(C)NC(C)(C)C4)n(C(C)C)c3C2c2ccc(Cl)cc2)cn2c(CF)nnc12. The van der Waals surface area contributed by atoms with E-state index in [1.165, 1.54) is 0 Å². The summed E-state index contributed by atoms with van der Waals surface area (Å²) in [5.74, 6) is 0.805. The van der Waals surface area contributed by atoms with Gasteiger partial charge in [0.25, 0.3) is 5.91 Å². The highest BCUT2D eigenvalue weighted by Crippen LogP contribution is 2.45. The summed E-state index contributed by atoms with van der Waals surface area (Å²) in [5.41, 5.74) is 4.88. The Balaban J connectivity index is 1.59. The highest BCUT2D eigenvalue weighted by Gasteiger charge is 2.46. The van der Waals surface area contributed by atoms with Crippen molar-refractivity contribution in [3.8, 4) is 0 Å². The number of hydrogen-bond donors (Lipinski definition) is 1. The zero-order valence-corrected chi connectivity index (χ0v) is 25.2. The molecule has 2 aliphatic rings. The summed E-state index contributed by atoms with van der Waals surface area (Å²) in [6, 6.07) is 9.05. The molecular formula is C31H35ClFN7O. The molecule has 2 aliphatic heterocycles. The first-order valence-corrected chi connectivity index (χ1v) is 14.3. The molecule has 41 heavy (non-hydrogen) atoms. The Morgan fingerprint density at radius 3 is 2.49 bits per heavy atom. The first kappa shape index (κ1) is 27.6. The Kier molecular flexibility index (Phi) is 6.39. The van der Waals surface area contributed by atoms with Crippen LogP contribution < -0.4 is 10.2 Å². The summed E-state index contributed by atoms with van der Waals surface area (Å²) in [7, 11) is 0. The zero-order chi connectivity index (χ0) is 29.4. The van der Waals surface area contributed by atoms with Crippen molar-refractivity contribution in [3.05, 3.63) is 81.8 Å². The number of hydrogen-bond acceptors (Lipinski definition) is 5. The third kappa shape index (κ3) is 4.55. The molecule has 1 aromatic carbocycles. The van der Waals surface area contributed by atoms with Gasteiger partial charge in [0.1, 0.15) is 18.5 Å². The van der Waals surface area contributed by atoms with E-state index in [1.54, 1.807) is 15.5 Å². The van der Waals surface area contributed by atoms with Crippen LogP contribution in [0.3, 0.4) is 0 Å². The summed E-state index contributed by atoms with van der Waals surface area (Å²) < 4.78 is 17.6. The van der Waals surface area contributed by atoms with E-state index in [9.17, 15) is 9.18 Å². The summed E-state index contributed by atoms with van der Waals surface area (Å²) in [6.45, 7) is 14.1. The van der Waals surface area contributed by atoms with Gasteiger partial charge in [-0.25, -0.2) is 9.37 Å². The fraction of sp³-hybridized carbons (Fsp3) is 0.419. The number of anilines is 1. The molecule has 1 amide bonds. The lowest BCUT2D eigenvalue weighted by Crippen LogP contribution is -2.54. The van der Waals surface area contributed by atoms with Gasteiger partial charge in [0.2, 0.25) is 0 Å². The van der Waals surface area contributed by atoms with Gasteiger partial charge in [-0.2, -0.15) is 0 Å². The van der Waals surface area contributed by atoms with Crippen LogP contribution in [0.25, 0.3) is 11.2 Å². The summed E-state index contributed by atoms with van der Waals surface area (Å²) in [5, 5.41) is 12.4. The Labute approximate surface area is 244 Å². The van der Waals surface area contributed by atoms with E-state index >= 15 is 0 Å². The number of carbonyl (C=O) groups is 1. The molecule has 0 radical (unpaired) electrons. The second kappa shape index (κ2) is 9.49. The molecule has 6 rings (SSSR count). The number of nitrogens with one attached hydrogen (secondary N) is 1. The van der Waals surface area contributed by atoms with Gasteiger partial charge in [0.15, 0.2) is 17.2 Å². The van der Waals surface area contributed by atoms with Gasteiger partial charge >= 0.3 is 0 Å². The molecule has 1 atom stereocenters. The molecule has 0 bridgehead atoms. The lowest BCUT2D eigenvalue weighted by Gasteiger charge is -2.41. The maximum absolute atomic E-state index is 14.4. The summed E-state index contributed by atoms with van der Waals surface area (Å²) in [6.07, 6.45) is 4.75. The van der Waals surface area contributed by atoms with E-state index in [-0.39, 0.29) is 28.9 Å². The maximum atomic E-state index is 14.4. The first-order chi connectivity index (χ1) is 19.3. The number of amides is 1. The Hall–Kier alpha value is -3.56. The van der Waals surface area contributed by atoms with Crippen molar-refractivity contribution in [1.29, 1.82) is 0 Å². The molecule has 1 unspecified atom stereocenters. The van der Waals surface area contributed by atoms with E-state index in [2.05, 4.69) is 67.7 Å². The number of aryl methyl sites for hydroxylation is 1. The number of alkyl halides is 1. The predicted octanol–water partition coefficient (Wildman–Crippen LogP) is 6.62. The quantitative estimate of drug-likeness (QED) is 0.289. The van der Waals surface area contributed by atoms with Gasteiger partial charge in [-0.05, 0) is 89.8 Å². The monoisotopic (exact) mass is 575 g/mol. The van der Waals surface area contributed by atoms with Crippen molar-refractivity contribution >= 4 is 34.4 Å². The van der Waals surface area contributed by atoms with Crippen LogP contribution in [0.4, 0.5) is 10.1 Å². The smallest absolute Gasteiger partial charge is 0.279 e. The number of pyridine rings is 1. The van der Waals surface area contributed by atoms with E-state index in [4.69, 9.17) is 16.6 Å². The summed E-state index contributed by atoms with van der Waals surface area (Å²) >= 11 is 6.28. The minimum atomic E-state index is -0.765. The second-order valence-electron chi connectivity index (χ2n) is 12.7. The standard InChI is InChI=1S/C31H35ClFN7O/c1-17(2)39-26-24(34-28(39)20-13-30(4,5)37-31(6,7)14-20)29(41)40(25(26)19-8-10-21(32)11-9-19)22-12-18(3)27-36-35-23(15-33)38(27)16-22/h8-13,16-17,25,37H,14-15H2,1-7H3. The highest BCUT2D eigenvalue weighted by atomic mass is 35.5. The number of rotatable bonds is 5. The van der Waals surface area contributed by atoms with Crippen LogP contribution in [0.15, 0.2) is 42.6 Å². The van der Waals surface area contributed by atoms with Crippen LogP contribution in [-0.2, 0) is 6.67 Å². The lowest BCUT2D eigenvalue weighted by atomic mass is 9.83. The predicted molar refractivity (Wildman–Crippen MR) is 159 cm³/mol. The van der Waals surface area contributed by atoms with Crippen LogP contribution in [-0.4, -0.2) is 41.1 Å². The minimum Gasteiger partial charge on any atom is -0.323 e. The minimum absolute atomic E-state index is 0.0333. The van der Waals surface area contributed by atoms with Crippen LogP contribution in [0.2, 0.25) is 5.02 Å². The van der Waals surface area contributed by atoms with Gasteiger partial charge in [-0.15, -0.1) is 10.2 Å². The topological polar surface area (TPSA) is 80.4 Å². The van der Waals surface area contributed by atoms with Gasteiger partial charge in [-0.3, -0.25) is 14.1 Å². The molecule has 3 aromatic heterocycles. The molecule has 10 heteroatoms. The number of fused-ring (bicyclic) bond motifs is 2. The first-order valence-electron chi connectivity index (χ1n) is 13.9. The average molecular weight is 576 g/mol. The van der Waals surface area contributed by atoms with Crippen LogP contribution >= 0.6 is 11.6 Å². The van der Waals surface area contributed by atoms with E-state index in [1.807, 2.05) is 37.3 Å². The highest BCUT2D eigenvalue weighted by molar-refractivity contribution is 6.30. The third-order valence-corrected chi connectivity index (χ3v) is 8.10. The fourth-order valence-corrected chi connectivity index (χ4v) is 6.78. The molecule has 1 N–H and O–H groups in total. The van der Waals surface area contributed by atoms with Crippen molar-refractivity contribution in [2.24, 2.45) is 0 Å². The van der Waals surface area contributed by atoms with Crippen molar-refractivity contribution in [1.82, 2.24) is 29.5 Å². The van der Waals surface area contributed by atoms with Gasteiger partial charge in [0, 0.05) is 28.3 Å². The Morgan fingerprint density at radius 2 is 1.85 bits per heavy atom. The second-order valence-corrected chi connectivity index (χ2v) is 13.1. The molecule has 4 aromatic rings. The third-order valence-electron chi connectivity index (χ3n) is 7.85. The van der Waals surface area contributed by atoms with E-state index in [0.717, 1.165) is 34.6 Å². The Morgan fingerprint density at radius 1 is 1.15 bits per heavy atom. The van der Waals surface area contributed by atoms with E-state index < -0.39 is 12.7 Å². The van der Waals surface area contributed by atoms with Crippen LogP contribution in [0.5, 0.6) is 0 Å². The van der Waals surface area contributed by atoms with Crippen molar-refractivity contribution < 1.29 is 9.18 Å². The molecule has 0 saturated heterocycles. The summed E-state index contributed by atoms with van der Waals surface area (Å²) in [4.78, 5) is 21.2. The number of nitrogens with zero attached hydrogens (tertiary/aromatic N) is 6. The molecule has 8 nitrogen and oxygen atoms in total. The van der Waals surface area contributed by atoms with Crippen molar-refractivity contribution in [2.75, 3.05) is 4.90 Å². The number of carbonyl (C=O) groups excluding carboxylic acids is 1. The number of benzene rings is 1. The number of imidazole rings is 1. The van der Waals surface area contributed by atoms with Crippen molar-refractivity contribution in [3.63, 3.8) is 0 Å². The van der Waals surface area contributed by atoms with Gasteiger partial charge < -0.3 is 9.88 Å². The maximum Gasteiger partial charge on any atom is 0.279 e. The zero-order valence-electron chi connectivity index (χ0n) is 24.5. The molecular weight excluding hydrogens is 541 g/mol. The van der Waals surface area contributed by atoms with Crippen molar-refractivity contribution in [2.45, 2.75) is 84.7 Å². The van der Waals surface area contributed by atoms with Crippen LogP contribution in [0, 0.1) is 6.92 Å². The fourth-order valence-electron chi connectivity index (χ4n) is 6.65. The number of halogens is 2. The molecule has 0 saturated carbocycles. The lowest BCUT2D eigenvalue weighted by molar-refractivity contribution is 0.0989. The molecule has 0 aliphatic carbocycles. The largest absolute Gasteiger partial charge is 0.323 e. The van der Waals surface area contributed by atoms with Gasteiger partial charge in [-0.1, -0.05) is 29.8 Å². The molecule has 0 spiro atoms. The Bertz CT molecular complexity index is 1710. The molecule has 0 fully saturated rings.